The topological polar surface area (TPSA) is 64.6 Å². The summed E-state index contributed by atoms with van der Waals surface area (Å²) in [5.41, 5.74) is 0.528. The highest BCUT2D eigenvalue weighted by Crippen LogP contribution is 2.22. The zero-order valence-corrected chi connectivity index (χ0v) is 11.5. The maximum Gasteiger partial charge on any atom is 0.331 e. The standard InChI is InChI=1S/C15H17NO4/c1-3-4-5-10-15(18)20-11-14(17)16-12-8-6-7-9-13(12)19-2/h3-10H,11H2,1-2H3,(H,16,17)/b4-3+,10-5+. The average molecular weight is 275 g/mol. The summed E-state index contributed by atoms with van der Waals surface area (Å²) in [6, 6.07) is 6.98. The predicted octanol–water partition coefficient (Wildman–Crippen LogP) is 2.31. The van der Waals surface area contributed by atoms with Crippen LogP contribution in [0.15, 0.2) is 48.6 Å². The zero-order chi connectivity index (χ0) is 14.8. The van der Waals surface area contributed by atoms with Crippen LogP contribution in [-0.4, -0.2) is 25.6 Å². The van der Waals surface area contributed by atoms with Gasteiger partial charge in [-0.2, -0.15) is 0 Å². The van der Waals surface area contributed by atoms with E-state index < -0.39 is 11.9 Å². The highest BCUT2D eigenvalue weighted by Gasteiger charge is 2.08. The Hall–Kier alpha value is -2.56. The van der Waals surface area contributed by atoms with Gasteiger partial charge in [0.15, 0.2) is 6.61 Å². The Morgan fingerprint density at radius 1 is 1.25 bits per heavy atom. The SMILES string of the molecule is C/C=C/C=C/C(=O)OCC(=O)Nc1ccccc1OC. The van der Waals surface area contributed by atoms with E-state index in [4.69, 9.17) is 9.47 Å². The van der Waals surface area contributed by atoms with Crippen molar-refractivity contribution in [3.8, 4) is 5.75 Å². The molecule has 0 saturated carbocycles. The van der Waals surface area contributed by atoms with Crippen molar-refractivity contribution in [3.05, 3.63) is 48.6 Å². The fraction of sp³-hybridized carbons (Fsp3) is 0.200. The van der Waals surface area contributed by atoms with E-state index in [0.717, 1.165) is 0 Å². The number of carbonyl (C=O) groups excluding carboxylic acids is 2. The molecule has 0 aliphatic heterocycles. The normalized spacial score (nSPS) is 10.7. The van der Waals surface area contributed by atoms with Gasteiger partial charge >= 0.3 is 5.97 Å². The first kappa shape index (κ1) is 15.5. The van der Waals surface area contributed by atoms with E-state index in [-0.39, 0.29) is 6.61 Å². The van der Waals surface area contributed by atoms with Crippen LogP contribution in [-0.2, 0) is 14.3 Å². The first-order chi connectivity index (χ1) is 9.67. The number of rotatable bonds is 6. The number of methoxy groups -OCH3 is 1. The van der Waals surface area contributed by atoms with Gasteiger partial charge in [0.2, 0.25) is 0 Å². The number of benzene rings is 1. The molecular formula is C15H17NO4. The van der Waals surface area contributed by atoms with Gasteiger partial charge in [0.05, 0.1) is 12.8 Å². The van der Waals surface area contributed by atoms with Crippen molar-refractivity contribution in [1.82, 2.24) is 0 Å². The molecule has 0 aromatic heterocycles. The number of allylic oxidation sites excluding steroid dienone is 3. The van der Waals surface area contributed by atoms with E-state index in [1.807, 2.05) is 6.92 Å². The van der Waals surface area contributed by atoms with Crippen molar-refractivity contribution < 1.29 is 19.1 Å². The molecule has 0 bridgehead atoms. The van der Waals surface area contributed by atoms with E-state index in [1.54, 1.807) is 42.5 Å². The van der Waals surface area contributed by atoms with Crippen molar-refractivity contribution in [2.75, 3.05) is 19.0 Å². The number of nitrogens with one attached hydrogen (secondary N) is 1. The number of anilines is 1. The minimum Gasteiger partial charge on any atom is -0.495 e. The van der Waals surface area contributed by atoms with Gasteiger partial charge in [-0.05, 0) is 19.1 Å². The number of para-hydroxylation sites is 2. The van der Waals surface area contributed by atoms with Gasteiger partial charge in [-0.1, -0.05) is 30.4 Å². The Balaban J connectivity index is 2.46. The van der Waals surface area contributed by atoms with Gasteiger partial charge in [0, 0.05) is 6.08 Å². The Bertz CT molecular complexity index is 520. The number of hydrogen-bond donors (Lipinski definition) is 1. The minimum absolute atomic E-state index is 0.350. The second-order valence-electron chi connectivity index (χ2n) is 3.74. The highest BCUT2D eigenvalue weighted by atomic mass is 16.5. The molecule has 5 nitrogen and oxygen atoms in total. The Kier molecular flexibility index (Phi) is 6.61. The van der Waals surface area contributed by atoms with Crippen LogP contribution in [0.5, 0.6) is 5.75 Å². The number of hydrogen-bond acceptors (Lipinski definition) is 4. The van der Waals surface area contributed by atoms with Gasteiger partial charge in [0.1, 0.15) is 5.75 Å². The Labute approximate surface area is 117 Å². The molecule has 0 radical (unpaired) electrons. The van der Waals surface area contributed by atoms with Gasteiger partial charge in [0.25, 0.3) is 5.91 Å². The first-order valence-corrected chi connectivity index (χ1v) is 6.06. The summed E-state index contributed by atoms with van der Waals surface area (Å²) in [5.74, 6) is -0.458. The Morgan fingerprint density at radius 3 is 2.70 bits per heavy atom. The van der Waals surface area contributed by atoms with Crippen molar-refractivity contribution in [2.24, 2.45) is 0 Å². The molecule has 5 heteroatoms. The lowest BCUT2D eigenvalue weighted by Crippen LogP contribution is -2.20. The molecule has 0 saturated heterocycles. The van der Waals surface area contributed by atoms with Crippen molar-refractivity contribution in [1.29, 1.82) is 0 Å². The summed E-state index contributed by atoms with van der Waals surface area (Å²) in [6.45, 7) is 1.48. The van der Waals surface area contributed by atoms with Crippen molar-refractivity contribution in [3.63, 3.8) is 0 Å². The van der Waals surface area contributed by atoms with Gasteiger partial charge in [-0.25, -0.2) is 4.79 Å². The fourth-order valence-corrected chi connectivity index (χ4v) is 1.36. The van der Waals surface area contributed by atoms with Crippen LogP contribution >= 0.6 is 0 Å². The van der Waals surface area contributed by atoms with Gasteiger partial charge in [-0.15, -0.1) is 0 Å². The molecular weight excluding hydrogens is 258 g/mol. The molecule has 0 heterocycles. The third kappa shape index (κ3) is 5.39. The third-order valence-electron chi connectivity index (χ3n) is 2.26. The van der Waals surface area contributed by atoms with Crippen LogP contribution < -0.4 is 10.1 Å². The molecule has 0 atom stereocenters. The Morgan fingerprint density at radius 2 is 2.00 bits per heavy atom. The molecule has 1 aromatic carbocycles. The van der Waals surface area contributed by atoms with E-state index in [1.165, 1.54) is 13.2 Å². The molecule has 0 aliphatic carbocycles. The van der Waals surface area contributed by atoms with Gasteiger partial charge in [-0.3, -0.25) is 4.79 Å². The fourth-order valence-electron chi connectivity index (χ4n) is 1.36. The molecule has 0 unspecified atom stereocenters. The monoisotopic (exact) mass is 275 g/mol. The van der Waals surface area contributed by atoms with Crippen LogP contribution in [0.1, 0.15) is 6.92 Å². The highest BCUT2D eigenvalue weighted by molar-refractivity contribution is 5.94. The molecule has 1 rings (SSSR count). The zero-order valence-electron chi connectivity index (χ0n) is 11.5. The summed E-state index contributed by atoms with van der Waals surface area (Å²) in [6.07, 6.45) is 6.26. The minimum atomic E-state index is -0.571. The number of carbonyl (C=O) groups is 2. The number of esters is 1. The summed E-state index contributed by atoms with van der Waals surface area (Å²) < 4.78 is 9.88. The summed E-state index contributed by atoms with van der Waals surface area (Å²) in [4.78, 5) is 22.9. The molecule has 106 valence electrons. The quantitative estimate of drug-likeness (QED) is 0.491. The molecule has 1 amide bonds. The molecule has 1 N–H and O–H groups in total. The molecule has 0 fully saturated rings. The second kappa shape index (κ2) is 8.53. The van der Waals surface area contributed by atoms with Crippen LogP contribution in [0, 0.1) is 0 Å². The van der Waals surface area contributed by atoms with E-state index in [0.29, 0.717) is 11.4 Å². The van der Waals surface area contributed by atoms with E-state index in [9.17, 15) is 9.59 Å². The third-order valence-corrected chi connectivity index (χ3v) is 2.26. The van der Waals surface area contributed by atoms with Crippen molar-refractivity contribution >= 4 is 17.6 Å². The number of ether oxygens (including phenoxy) is 2. The summed E-state index contributed by atoms with van der Waals surface area (Å²) >= 11 is 0. The van der Waals surface area contributed by atoms with Gasteiger partial charge < -0.3 is 14.8 Å². The largest absolute Gasteiger partial charge is 0.495 e. The van der Waals surface area contributed by atoms with E-state index in [2.05, 4.69) is 5.32 Å². The van der Waals surface area contributed by atoms with Crippen LogP contribution in [0.25, 0.3) is 0 Å². The average Bonchev–Trinajstić information content (AvgIpc) is 2.46. The smallest absolute Gasteiger partial charge is 0.331 e. The summed E-state index contributed by atoms with van der Waals surface area (Å²) in [5, 5.41) is 2.60. The molecule has 20 heavy (non-hydrogen) atoms. The maximum atomic E-state index is 11.6. The summed E-state index contributed by atoms with van der Waals surface area (Å²) in [7, 11) is 1.51. The lowest BCUT2D eigenvalue weighted by Gasteiger charge is -2.09. The molecule has 0 spiro atoms. The molecule has 0 aliphatic rings. The second-order valence-corrected chi connectivity index (χ2v) is 3.74. The van der Waals surface area contributed by atoms with Crippen LogP contribution in [0.3, 0.4) is 0 Å². The van der Waals surface area contributed by atoms with Crippen LogP contribution in [0.4, 0.5) is 5.69 Å². The lowest BCUT2D eigenvalue weighted by atomic mass is 10.3. The number of amides is 1. The predicted molar refractivity (Wildman–Crippen MR) is 76.5 cm³/mol. The van der Waals surface area contributed by atoms with E-state index >= 15 is 0 Å². The maximum absolute atomic E-state index is 11.6. The van der Waals surface area contributed by atoms with Crippen molar-refractivity contribution in [2.45, 2.75) is 6.92 Å². The lowest BCUT2D eigenvalue weighted by molar-refractivity contribution is -0.142. The van der Waals surface area contributed by atoms with Crippen LogP contribution in [0.2, 0.25) is 0 Å². The molecule has 1 aromatic rings. The first-order valence-electron chi connectivity index (χ1n) is 6.06.